The molecule has 1 aromatic carbocycles. The molecule has 1 aliphatic carbocycles. The van der Waals surface area contributed by atoms with E-state index in [2.05, 4.69) is 57.3 Å². The van der Waals surface area contributed by atoms with Gasteiger partial charge < -0.3 is 19.5 Å². The highest BCUT2D eigenvalue weighted by Gasteiger charge is 2.63. The van der Waals surface area contributed by atoms with E-state index in [0.717, 1.165) is 97.8 Å². The van der Waals surface area contributed by atoms with Gasteiger partial charge in [0.05, 0.1) is 22.8 Å². The van der Waals surface area contributed by atoms with E-state index in [0.29, 0.717) is 5.75 Å². The van der Waals surface area contributed by atoms with Crippen LogP contribution in [-0.4, -0.2) is 63.7 Å². The van der Waals surface area contributed by atoms with E-state index < -0.39 is 0 Å². The number of para-hydroxylation sites is 1. The number of aromatic nitrogens is 2. The third kappa shape index (κ3) is 5.00. The first-order valence-electron chi connectivity index (χ1n) is 17.8. The predicted molar refractivity (Wildman–Crippen MR) is 186 cm³/mol. The number of hydrogen-bond acceptors (Lipinski definition) is 6. The number of ether oxygens (including phenoxy) is 1. The lowest BCUT2D eigenvalue weighted by Gasteiger charge is -2.56. The summed E-state index contributed by atoms with van der Waals surface area (Å²) in [6, 6.07) is 8.12. The smallest absolute Gasteiger partial charge is 0.308 e. The number of Topliss-reactive ketones (excluding diaryl/α,β-unsaturated/α-hetero) is 1. The summed E-state index contributed by atoms with van der Waals surface area (Å²) in [7, 11) is 0. The van der Waals surface area contributed by atoms with Crippen molar-refractivity contribution in [1.82, 2.24) is 19.8 Å². The molecule has 47 heavy (non-hydrogen) atoms. The zero-order chi connectivity index (χ0) is 32.1. The van der Waals surface area contributed by atoms with Gasteiger partial charge in [-0.1, -0.05) is 36.4 Å². The van der Waals surface area contributed by atoms with E-state index in [-0.39, 0.29) is 35.0 Å². The van der Waals surface area contributed by atoms with E-state index in [1.165, 1.54) is 37.5 Å². The lowest BCUT2D eigenvalue weighted by Crippen LogP contribution is -2.61. The molecule has 3 bridgehead atoms. The molecule has 5 atom stereocenters. The van der Waals surface area contributed by atoms with Crippen LogP contribution in [-0.2, 0) is 9.59 Å². The molecule has 1 spiro atoms. The number of ketones is 1. The summed E-state index contributed by atoms with van der Waals surface area (Å²) in [6.45, 7) is 7.26. The highest BCUT2D eigenvalue weighted by atomic mass is 16.5. The summed E-state index contributed by atoms with van der Waals surface area (Å²) < 4.78 is 5.64. The minimum absolute atomic E-state index is 0.0381. The summed E-state index contributed by atoms with van der Waals surface area (Å²) in [5.74, 6) is 0.677. The number of aromatic amines is 1. The normalized spacial score (nSPS) is 30.7. The molecule has 2 unspecified atom stereocenters. The minimum atomic E-state index is -0.338. The maximum Gasteiger partial charge on any atom is 0.308 e. The molecule has 7 nitrogen and oxygen atoms in total. The van der Waals surface area contributed by atoms with Gasteiger partial charge in [0.15, 0.2) is 11.5 Å². The van der Waals surface area contributed by atoms with Gasteiger partial charge in [0.25, 0.3) is 0 Å². The Balaban J connectivity index is 1.37. The molecule has 0 radical (unpaired) electrons. The second-order valence-corrected chi connectivity index (χ2v) is 14.3. The Morgan fingerprint density at radius 2 is 1.74 bits per heavy atom. The molecule has 6 heterocycles. The first-order chi connectivity index (χ1) is 23.0. The maximum absolute atomic E-state index is 14.1. The number of benzene rings is 1. The van der Waals surface area contributed by atoms with Crippen molar-refractivity contribution in [2.45, 2.75) is 83.6 Å². The number of allylic oxidation sites excluding steroid dienone is 5. The largest absolute Gasteiger partial charge is 0.424 e. The first kappa shape index (κ1) is 30.4. The van der Waals surface area contributed by atoms with Crippen LogP contribution in [0.15, 0.2) is 77.7 Å². The van der Waals surface area contributed by atoms with Crippen molar-refractivity contribution in [3.05, 3.63) is 83.4 Å². The average molecular weight is 631 g/mol. The molecule has 244 valence electrons. The summed E-state index contributed by atoms with van der Waals surface area (Å²) >= 11 is 0. The number of carbonyl (C=O) groups is 2. The van der Waals surface area contributed by atoms with Gasteiger partial charge in [-0.3, -0.25) is 14.6 Å². The molecule has 5 aliphatic rings. The number of rotatable bonds is 3. The number of carbonyl (C=O) groups excluding carboxylic acids is 2. The molecule has 0 amide bonds. The zero-order valence-corrected chi connectivity index (χ0v) is 27.8. The number of nitrogens with zero attached hydrogens (tertiary/aromatic N) is 3. The Labute approximate surface area is 277 Å². The van der Waals surface area contributed by atoms with E-state index >= 15 is 0 Å². The van der Waals surface area contributed by atoms with E-state index in [4.69, 9.17) is 9.72 Å². The maximum atomic E-state index is 14.1. The summed E-state index contributed by atoms with van der Waals surface area (Å²) in [5.41, 5.74) is 6.21. The van der Waals surface area contributed by atoms with Crippen LogP contribution in [0.3, 0.4) is 0 Å². The molecule has 4 aliphatic heterocycles. The fourth-order valence-corrected chi connectivity index (χ4v) is 9.88. The standard InChI is InChI=1S/C40H46N4O3/c1-26(45)35-33-16-10-6-8-12-22-44(33)39-28-14-9-5-3-4-7-11-21-43-23-19-32(40(35,39)25-43)31(24-28)37-38-30(18-20-41-37)29-15-13-17-34(36(29)42-38)47-27(2)46/h3,5,10,13,15-18,20,24,31-32,39,42H,4,6-9,11-12,14,19,21-23,25H2,1-2H3/b5-3-,16-10-/t31?,32-,39-,40-/m0/s1. The molecular formula is C40H46N4O3. The molecule has 2 aromatic heterocycles. The summed E-state index contributed by atoms with van der Waals surface area (Å²) in [5, 5.41) is 2.11. The van der Waals surface area contributed by atoms with Crippen molar-refractivity contribution in [2.75, 3.05) is 26.2 Å². The van der Waals surface area contributed by atoms with Gasteiger partial charge in [0.2, 0.25) is 0 Å². The number of nitrogens with one attached hydrogen (secondary N) is 1. The van der Waals surface area contributed by atoms with Crippen molar-refractivity contribution in [3.63, 3.8) is 0 Å². The van der Waals surface area contributed by atoms with Crippen LogP contribution < -0.4 is 4.74 Å². The molecular weight excluding hydrogens is 584 g/mol. The summed E-state index contributed by atoms with van der Waals surface area (Å²) in [6.07, 6.45) is 23.8. The van der Waals surface area contributed by atoms with Crippen LogP contribution >= 0.6 is 0 Å². The Morgan fingerprint density at radius 3 is 2.60 bits per heavy atom. The Morgan fingerprint density at radius 1 is 0.936 bits per heavy atom. The summed E-state index contributed by atoms with van der Waals surface area (Å²) in [4.78, 5) is 40.3. The number of pyridine rings is 1. The predicted octanol–water partition coefficient (Wildman–Crippen LogP) is 7.76. The van der Waals surface area contributed by atoms with Gasteiger partial charge in [-0.2, -0.15) is 0 Å². The van der Waals surface area contributed by atoms with E-state index in [1.807, 2.05) is 25.3 Å². The van der Waals surface area contributed by atoms with Crippen LogP contribution in [0.5, 0.6) is 5.75 Å². The van der Waals surface area contributed by atoms with Crippen LogP contribution in [0.1, 0.15) is 83.2 Å². The molecule has 8 rings (SSSR count). The highest BCUT2D eigenvalue weighted by molar-refractivity contribution is 6.10. The molecule has 1 fully saturated rings. The van der Waals surface area contributed by atoms with Gasteiger partial charge in [0, 0.05) is 59.6 Å². The second kappa shape index (κ2) is 12.2. The fourth-order valence-electron chi connectivity index (χ4n) is 9.88. The Hall–Kier alpha value is -3.97. The highest BCUT2D eigenvalue weighted by Crippen LogP contribution is 2.62. The average Bonchev–Trinajstić information content (AvgIpc) is 3.54. The van der Waals surface area contributed by atoms with Crippen LogP contribution in [0.25, 0.3) is 21.8 Å². The second-order valence-electron chi connectivity index (χ2n) is 14.3. The number of piperidine rings is 1. The molecule has 1 N–H and O–H groups in total. The first-order valence-corrected chi connectivity index (χ1v) is 17.8. The van der Waals surface area contributed by atoms with Gasteiger partial charge >= 0.3 is 5.97 Å². The number of H-pyrrole nitrogens is 1. The number of fused-ring (bicyclic) bond motifs is 5. The van der Waals surface area contributed by atoms with Crippen molar-refractivity contribution in [3.8, 4) is 5.75 Å². The fraction of sp³-hybridized carbons (Fsp3) is 0.475. The Bertz CT molecular complexity index is 1860. The quantitative estimate of drug-likeness (QED) is 0.181. The lowest BCUT2D eigenvalue weighted by molar-refractivity contribution is -0.131. The van der Waals surface area contributed by atoms with Gasteiger partial charge in [-0.25, -0.2) is 0 Å². The number of esters is 1. The van der Waals surface area contributed by atoms with Crippen molar-refractivity contribution < 1.29 is 14.3 Å². The Kier molecular flexibility index (Phi) is 7.91. The van der Waals surface area contributed by atoms with Crippen LogP contribution in [0.4, 0.5) is 0 Å². The third-order valence-electron chi connectivity index (χ3n) is 11.5. The topological polar surface area (TPSA) is 78.5 Å². The van der Waals surface area contributed by atoms with Gasteiger partial charge in [0.1, 0.15) is 0 Å². The van der Waals surface area contributed by atoms with Crippen molar-refractivity contribution in [1.29, 1.82) is 0 Å². The molecule has 1 saturated heterocycles. The molecule has 0 saturated carbocycles. The van der Waals surface area contributed by atoms with Gasteiger partial charge in [-0.05, 0) is 108 Å². The zero-order valence-electron chi connectivity index (χ0n) is 27.8. The van der Waals surface area contributed by atoms with E-state index in [9.17, 15) is 9.59 Å². The van der Waals surface area contributed by atoms with Gasteiger partial charge in [-0.15, -0.1) is 0 Å². The minimum Gasteiger partial charge on any atom is -0.424 e. The third-order valence-corrected chi connectivity index (χ3v) is 11.5. The van der Waals surface area contributed by atoms with Crippen LogP contribution in [0, 0.1) is 11.3 Å². The number of hydrogen-bond donors (Lipinski definition) is 1. The monoisotopic (exact) mass is 630 g/mol. The van der Waals surface area contributed by atoms with Crippen molar-refractivity contribution in [2.24, 2.45) is 11.3 Å². The molecule has 3 aromatic rings. The lowest BCUT2D eigenvalue weighted by atomic mass is 9.53. The van der Waals surface area contributed by atoms with E-state index in [1.54, 1.807) is 0 Å². The molecule has 7 heteroatoms. The van der Waals surface area contributed by atoms with Crippen molar-refractivity contribution >= 4 is 33.6 Å². The van der Waals surface area contributed by atoms with Crippen LogP contribution in [0.2, 0.25) is 0 Å². The SMILES string of the molecule is CC(=O)Oc1cccc2c1[nH]c1c(C3C=C4CC/C=C\CCCCN5CC[C@@H]3[C@@]3(C5)C(C(C)=O)=C5/C=C\CCCCN5[C@@H]43)nccc12.